The second kappa shape index (κ2) is 5.44. The Hall–Kier alpha value is -2.18. The van der Waals surface area contributed by atoms with Crippen LogP contribution >= 0.6 is 0 Å². The normalized spacial score (nSPS) is 11.9. The molecule has 0 aliphatic rings. The fourth-order valence-electron chi connectivity index (χ4n) is 1.25. The number of hydrogen-bond acceptors (Lipinski definition) is 4. The Balaban J connectivity index is 2.97. The third-order valence-corrected chi connectivity index (χ3v) is 2.24. The lowest BCUT2D eigenvalue weighted by atomic mass is 10.2. The molecule has 4 N–H and O–H groups in total. The number of anilines is 1. The van der Waals surface area contributed by atoms with Gasteiger partial charge in [-0.2, -0.15) is 0 Å². The molecule has 0 aliphatic carbocycles. The van der Waals surface area contributed by atoms with E-state index in [9.17, 15) is 18.4 Å². The van der Waals surface area contributed by atoms with E-state index in [1.54, 1.807) is 6.92 Å². The summed E-state index contributed by atoms with van der Waals surface area (Å²) in [6.07, 6.45) is -1.04. The van der Waals surface area contributed by atoms with Crippen LogP contribution in [0.3, 0.4) is 0 Å². The number of benzene rings is 1. The van der Waals surface area contributed by atoms with Gasteiger partial charge in [0.1, 0.15) is 11.6 Å². The van der Waals surface area contributed by atoms with E-state index in [4.69, 9.17) is 11.5 Å². The first-order valence-corrected chi connectivity index (χ1v) is 5.11. The maximum absolute atomic E-state index is 13.4. The molecule has 5 nitrogen and oxygen atoms in total. The first-order chi connectivity index (χ1) is 8.36. The van der Waals surface area contributed by atoms with E-state index in [0.717, 1.165) is 0 Å². The van der Waals surface area contributed by atoms with Crippen molar-refractivity contribution in [1.29, 1.82) is 0 Å². The van der Waals surface area contributed by atoms with E-state index >= 15 is 0 Å². The molecule has 1 aromatic rings. The van der Waals surface area contributed by atoms with E-state index in [0.29, 0.717) is 12.1 Å². The van der Waals surface area contributed by atoms with Gasteiger partial charge < -0.3 is 16.2 Å². The summed E-state index contributed by atoms with van der Waals surface area (Å²) in [5.74, 6) is -4.01. The minimum atomic E-state index is -1.18. The summed E-state index contributed by atoms with van der Waals surface area (Å²) >= 11 is 0. The highest BCUT2D eigenvalue weighted by molar-refractivity contribution is 5.92. The second-order valence-electron chi connectivity index (χ2n) is 3.56. The molecule has 0 aliphatic heterocycles. The van der Waals surface area contributed by atoms with Crippen molar-refractivity contribution in [3.8, 4) is 0 Å². The molecule has 0 saturated carbocycles. The molecular weight excluding hydrogens is 246 g/mol. The molecule has 0 spiro atoms. The summed E-state index contributed by atoms with van der Waals surface area (Å²) in [7, 11) is 0. The fraction of sp³-hybridized carbons (Fsp3) is 0.273. The minimum Gasteiger partial charge on any atom is -0.449 e. The van der Waals surface area contributed by atoms with Crippen LogP contribution in [0.1, 0.15) is 23.7 Å². The molecule has 1 amide bonds. The predicted octanol–water partition coefficient (Wildman–Crippen LogP) is 0.968. The van der Waals surface area contributed by atoms with Gasteiger partial charge in [0.05, 0.1) is 11.3 Å². The molecule has 0 bridgehead atoms. The molecule has 18 heavy (non-hydrogen) atoms. The number of ether oxygens (including phenoxy) is 1. The smallest absolute Gasteiger partial charge is 0.342 e. The average molecular weight is 258 g/mol. The topological polar surface area (TPSA) is 95.4 Å². The molecule has 1 aromatic carbocycles. The Morgan fingerprint density at radius 2 is 1.94 bits per heavy atom. The van der Waals surface area contributed by atoms with Gasteiger partial charge in [0.2, 0.25) is 0 Å². The van der Waals surface area contributed by atoms with Crippen LogP contribution in [-0.2, 0) is 9.53 Å². The Morgan fingerprint density at radius 1 is 1.33 bits per heavy atom. The standard InChI is InChI=1S/C11H12F2N2O3/c1-2-9(10(15)16)18-11(17)5-3-7(13)8(14)4-6(5)12/h3-4,9H,2,14H2,1H3,(H2,15,16). The van der Waals surface area contributed by atoms with Gasteiger partial charge in [-0.25, -0.2) is 13.6 Å². The van der Waals surface area contributed by atoms with Crippen molar-refractivity contribution >= 4 is 17.6 Å². The van der Waals surface area contributed by atoms with Crippen LogP contribution in [0.15, 0.2) is 12.1 Å². The number of esters is 1. The van der Waals surface area contributed by atoms with Crippen molar-refractivity contribution in [2.45, 2.75) is 19.4 Å². The maximum Gasteiger partial charge on any atom is 0.342 e. The summed E-state index contributed by atoms with van der Waals surface area (Å²) in [5, 5.41) is 0. The lowest BCUT2D eigenvalue weighted by molar-refractivity contribution is -0.126. The third kappa shape index (κ3) is 2.93. The molecule has 1 atom stereocenters. The number of carbonyl (C=O) groups excluding carboxylic acids is 2. The molecule has 0 radical (unpaired) electrons. The largest absolute Gasteiger partial charge is 0.449 e. The summed E-state index contributed by atoms with van der Waals surface area (Å²) in [5.41, 5.74) is 9.02. The van der Waals surface area contributed by atoms with Crippen molar-refractivity contribution in [1.82, 2.24) is 0 Å². The molecule has 0 saturated heterocycles. The highest BCUT2D eigenvalue weighted by atomic mass is 19.1. The molecular formula is C11H12F2N2O3. The van der Waals surface area contributed by atoms with Crippen LogP contribution in [0.2, 0.25) is 0 Å². The van der Waals surface area contributed by atoms with Crippen LogP contribution in [0.5, 0.6) is 0 Å². The van der Waals surface area contributed by atoms with Crippen LogP contribution in [0.4, 0.5) is 14.5 Å². The summed E-state index contributed by atoms with van der Waals surface area (Å²) < 4.78 is 31.1. The lowest BCUT2D eigenvalue weighted by Crippen LogP contribution is -2.32. The Bertz CT molecular complexity index is 491. The van der Waals surface area contributed by atoms with Crippen LogP contribution < -0.4 is 11.5 Å². The average Bonchev–Trinajstić information content (AvgIpc) is 2.29. The van der Waals surface area contributed by atoms with E-state index in [-0.39, 0.29) is 6.42 Å². The molecule has 0 fully saturated rings. The van der Waals surface area contributed by atoms with Crippen molar-refractivity contribution in [3.05, 3.63) is 29.3 Å². The SMILES string of the molecule is CCC(OC(=O)c1cc(F)c(N)cc1F)C(N)=O. The van der Waals surface area contributed by atoms with Gasteiger partial charge in [-0.05, 0) is 12.5 Å². The number of hydrogen-bond donors (Lipinski definition) is 2. The fourth-order valence-corrected chi connectivity index (χ4v) is 1.25. The van der Waals surface area contributed by atoms with Crippen molar-refractivity contribution in [3.63, 3.8) is 0 Å². The number of amides is 1. The van der Waals surface area contributed by atoms with E-state index in [2.05, 4.69) is 4.74 Å². The minimum absolute atomic E-state index is 0.139. The van der Waals surface area contributed by atoms with Gasteiger partial charge in [0.25, 0.3) is 5.91 Å². The van der Waals surface area contributed by atoms with Crippen LogP contribution in [-0.4, -0.2) is 18.0 Å². The monoisotopic (exact) mass is 258 g/mol. The molecule has 0 aromatic heterocycles. The first kappa shape index (κ1) is 13.9. The second-order valence-corrected chi connectivity index (χ2v) is 3.56. The van der Waals surface area contributed by atoms with Crippen LogP contribution in [0, 0.1) is 11.6 Å². The lowest BCUT2D eigenvalue weighted by Gasteiger charge is -2.13. The van der Waals surface area contributed by atoms with Crippen LogP contribution in [0.25, 0.3) is 0 Å². The summed E-state index contributed by atoms with van der Waals surface area (Å²) in [6, 6.07) is 1.28. The number of nitrogens with two attached hydrogens (primary N) is 2. The number of nitrogen functional groups attached to an aromatic ring is 1. The van der Waals surface area contributed by atoms with Gasteiger partial charge in [-0.1, -0.05) is 6.92 Å². The van der Waals surface area contributed by atoms with Gasteiger partial charge >= 0.3 is 5.97 Å². The molecule has 1 unspecified atom stereocenters. The Kier molecular flexibility index (Phi) is 4.19. The van der Waals surface area contributed by atoms with Gasteiger partial charge in [0.15, 0.2) is 6.10 Å². The zero-order valence-corrected chi connectivity index (χ0v) is 9.57. The predicted molar refractivity (Wildman–Crippen MR) is 59.5 cm³/mol. The first-order valence-electron chi connectivity index (χ1n) is 5.11. The number of carbonyl (C=O) groups is 2. The molecule has 0 heterocycles. The Labute approximate surface area is 102 Å². The highest BCUT2D eigenvalue weighted by Gasteiger charge is 2.22. The molecule has 98 valence electrons. The number of halogens is 2. The number of primary amides is 1. The van der Waals surface area contributed by atoms with Crippen molar-refractivity contribution in [2.24, 2.45) is 5.73 Å². The summed E-state index contributed by atoms with van der Waals surface area (Å²) in [4.78, 5) is 22.4. The highest BCUT2D eigenvalue weighted by Crippen LogP contribution is 2.18. The van der Waals surface area contributed by atoms with Gasteiger partial charge in [-0.3, -0.25) is 4.79 Å². The molecule has 7 heteroatoms. The zero-order chi connectivity index (χ0) is 13.9. The number of rotatable bonds is 4. The van der Waals surface area contributed by atoms with Crippen molar-refractivity contribution < 1.29 is 23.1 Å². The van der Waals surface area contributed by atoms with E-state index in [1.165, 1.54) is 0 Å². The van der Waals surface area contributed by atoms with E-state index < -0.39 is 40.9 Å². The Morgan fingerprint density at radius 3 is 2.44 bits per heavy atom. The van der Waals surface area contributed by atoms with Crippen molar-refractivity contribution in [2.75, 3.05) is 5.73 Å². The maximum atomic E-state index is 13.4. The summed E-state index contributed by atoms with van der Waals surface area (Å²) in [6.45, 7) is 1.56. The quantitative estimate of drug-likeness (QED) is 0.621. The van der Waals surface area contributed by atoms with Gasteiger partial charge in [0, 0.05) is 6.07 Å². The third-order valence-electron chi connectivity index (χ3n) is 2.24. The zero-order valence-electron chi connectivity index (χ0n) is 9.57. The van der Waals surface area contributed by atoms with E-state index in [1.807, 2.05) is 0 Å². The molecule has 1 rings (SSSR count). The van der Waals surface area contributed by atoms with Gasteiger partial charge in [-0.15, -0.1) is 0 Å².